The molecular weight excluding hydrogens is 118 g/mol. The normalized spacial score (nSPS) is 12.7. The van der Waals surface area contributed by atoms with Crippen LogP contribution in [0.4, 0.5) is 0 Å². The minimum Gasteiger partial charge on any atom is -0.380 e. The van der Waals surface area contributed by atoms with Crippen LogP contribution >= 0.6 is 0 Å². The molecule has 1 atom stereocenters. The summed E-state index contributed by atoms with van der Waals surface area (Å²) >= 11 is 0. The third-order valence-corrected chi connectivity index (χ3v) is 0.933. The number of hydrogen-bond donors (Lipinski definition) is 2. The maximum atomic E-state index is 5.07. The number of rotatable bonds is 3. The van der Waals surface area contributed by atoms with E-state index in [-0.39, 0.29) is 12.1 Å². The molecule has 0 aliphatic heterocycles. The summed E-state index contributed by atoms with van der Waals surface area (Å²) in [5.74, 6) is 0.110. The number of aliphatic imine (C=N–C) groups is 1. The summed E-state index contributed by atoms with van der Waals surface area (Å²) in [7, 11) is 1.62. The standard InChI is InChI=1S/C5H13N3O/c1-4(9-2)3-8-5(6)7/h4H,3H2,1-2H3,(H4,6,7,8). The lowest BCUT2D eigenvalue weighted by Gasteiger charge is -2.03. The number of hydrogen-bond acceptors (Lipinski definition) is 2. The first-order chi connectivity index (χ1) is 4.16. The largest absolute Gasteiger partial charge is 0.380 e. The van der Waals surface area contributed by atoms with E-state index in [4.69, 9.17) is 16.2 Å². The van der Waals surface area contributed by atoms with E-state index in [0.717, 1.165) is 0 Å². The van der Waals surface area contributed by atoms with E-state index in [0.29, 0.717) is 6.54 Å². The average molecular weight is 131 g/mol. The van der Waals surface area contributed by atoms with Crippen molar-refractivity contribution in [1.29, 1.82) is 0 Å². The van der Waals surface area contributed by atoms with E-state index in [1.807, 2.05) is 6.92 Å². The SMILES string of the molecule is COC(C)CN=C(N)N. The summed E-state index contributed by atoms with van der Waals surface area (Å²) in [5.41, 5.74) is 10.1. The molecule has 4 nitrogen and oxygen atoms in total. The predicted octanol–water partition coefficient (Wildman–Crippen LogP) is -0.705. The predicted molar refractivity (Wildman–Crippen MR) is 37.1 cm³/mol. The summed E-state index contributed by atoms with van der Waals surface area (Å²) < 4.78 is 4.88. The number of nitrogens with zero attached hydrogens (tertiary/aromatic N) is 1. The topological polar surface area (TPSA) is 73.6 Å². The van der Waals surface area contributed by atoms with E-state index in [1.54, 1.807) is 7.11 Å². The molecule has 0 bridgehead atoms. The van der Waals surface area contributed by atoms with Gasteiger partial charge in [-0.1, -0.05) is 0 Å². The lowest BCUT2D eigenvalue weighted by atomic mass is 10.4. The Balaban J connectivity index is 3.37. The zero-order chi connectivity index (χ0) is 7.28. The Morgan fingerprint density at radius 3 is 2.56 bits per heavy atom. The van der Waals surface area contributed by atoms with Crippen molar-refractivity contribution in [3.05, 3.63) is 0 Å². The van der Waals surface area contributed by atoms with Gasteiger partial charge in [-0.2, -0.15) is 0 Å². The highest BCUT2D eigenvalue weighted by molar-refractivity contribution is 5.75. The van der Waals surface area contributed by atoms with Crippen LogP contribution in [-0.2, 0) is 4.74 Å². The molecule has 1 unspecified atom stereocenters. The Hall–Kier alpha value is -0.770. The van der Waals surface area contributed by atoms with E-state index in [9.17, 15) is 0 Å². The third kappa shape index (κ3) is 5.10. The van der Waals surface area contributed by atoms with Crippen molar-refractivity contribution < 1.29 is 4.74 Å². The highest BCUT2D eigenvalue weighted by atomic mass is 16.5. The van der Waals surface area contributed by atoms with Gasteiger partial charge in [0.05, 0.1) is 12.6 Å². The Kier molecular flexibility index (Phi) is 3.79. The monoisotopic (exact) mass is 131 g/mol. The quantitative estimate of drug-likeness (QED) is 0.392. The molecule has 54 valence electrons. The molecule has 0 rings (SSSR count). The van der Waals surface area contributed by atoms with Crippen molar-refractivity contribution in [1.82, 2.24) is 0 Å². The zero-order valence-electron chi connectivity index (χ0n) is 5.79. The van der Waals surface area contributed by atoms with Crippen LogP contribution in [0.1, 0.15) is 6.92 Å². The van der Waals surface area contributed by atoms with Crippen molar-refractivity contribution in [2.24, 2.45) is 16.5 Å². The molecule has 0 heterocycles. The average Bonchev–Trinajstić information content (AvgIpc) is 1.83. The molecule has 4 N–H and O–H groups in total. The van der Waals surface area contributed by atoms with Crippen LogP contribution in [0.25, 0.3) is 0 Å². The van der Waals surface area contributed by atoms with Gasteiger partial charge in [0, 0.05) is 7.11 Å². The molecule has 0 aromatic heterocycles. The Labute approximate surface area is 54.9 Å². The van der Waals surface area contributed by atoms with E-state index < -0.39 is 0 Å². The second kappa shape index (κ2) is 4.14. The zero-order valence-corrected chi connectivity index (χ0v) is 5.79. The van der Waals surface area contributed by atoms with Crippen molar-refractivity contribution in [3.63, 3.8) is 0 Å². The maximum Gasteiger partial charge on any atom is 0.185 e. The highest BCUT2D eigenvalue weighted by Crippen LogP contribution is 1.85. The number of nitrogens with two attached hydrogens (primary N) is 2. The molecule has 0 fully saturated rings. The van der Waals surface area contributed by atoms with Crippen LogP contribution in [0.3, 0.4) is 0 Å². The van der Waals surface area contributed by atoms with Gasteiger partial charge in [-0.05, 0) is 6.92 Å². The summed E-state index contributed by atoms with van der Waals surface area (Å²) in [6.45, 7) is 2.42. The van der Waals surface area contributed by atoms with Crippen molar-refractivity contribution in [3.8, 4) is 0 Å². The molecule has 0 spiro atoms. The van der Waals surface area contributed by atoms with Gasteiger partial charge in [-0.15, -0.1) is 0 Å². The number of guanidine groups is 1. The second-order valence-electron chi connectivity index (χ2n) is 1.81. The van der Waals surface area contributed by atoms with Gasteiger partial charge in [0.1, 0.15) is 0 Å². The van der Waals surface area contributed by atoms with Gasteiger partial charge in [0.25, 0.3) is 0 Å². The first-order valence-corrected chi connectivity index (χ1v) is 2.75. The molecule has 0 saturated carbocycles. The molecule has 0 aliphatic carbocycles. The van der Waals surface area contributed by atoms with Gasteiger partial charge >= 0.3 is 0 Å². The molecule has 0 amide bonds. The summed E-state index contributed by atoms with van der Waals surface area (Å²) in [6, 6.07) is 0. The van der Waals surface area contributed by atoms with Gasteiger partial charge in [0.15, 0.2) is 5.96 Å². The van der Waals surface area contributed by atoms with Crippen LogP contribution in [0, 0.1) is 0 Å². The van der Waals surface area contributed by atoms with Crippen LogP contribution in [0.2, 0.25) is 0 Å². The fourth-order valence-corrected chi connectivity index (χ4v) is 0.308. The highest BCUT2D eigenvalue weighted by Gasteiger charge is 1.94. The first-order valence-electron chi connectivity index (χ1n) is 2.75. The van der Waals surface area contributed by atoms with Crippen molar-refractivity contribution >= 4 is 5.96 Å². The summed E-state index contributed by atoms with van der Waals surface area (Å²) in [4.78, 5) is 3.74. The van der Waals surface area contributed by atoms with Crippen LogP contribution in [0.5, 0.6) is 0 Å². The van der Waals surface area contributed by atoms with Gasteiger partial charge in [0.2, 0.25) is 0 Å². The van der Waals surface area contributed by atoms with E-state index in [1.165, 1.54) is 0 Å². The van der Waals surface area contributed by atoms with Gasteiger partial charge < -0.3 is 16.2 Å². The molecule has 0 aliphatic rings. The minimum absolute atomic E-state index is 0.0899. The summed E-state index contributed by atoms with van der Waals surface area (Å²) in [5, 5.41) is 0. The molecule has 9 heavy (non-hydrogen) atoms. The maximum absolute atomic E-state index is 5.07. The van der Waals surface area contributed by atoms with Crippen LogP contribution in [0.15, 0.2) is 4.99 Å². The number of methoxy groups -OCH3 is 1. The lowest BCUT2D eigenvalue weighted by molar-refractivity contribution is 0.125. The lowest BCUT2D eigenvalue weighted by Crippen LogP contribution is -2.24. The van der Waals surface area contributed by atoms with Gasteiger partial charge in [-0.25, -0.2) is 0 Å². The second-order valence-corrected chi connectivity index (χ2v) is 1.81. The summed E-state index contributed by atoms with van der Waals surface area (Å²) in [6.07, 6.45) is 0.0899. The Morgan fingerprint density at radius 1 is 1.67 bits per heavy atom. The molecule has 0 aromatic rings. The fourth-order valence-electron chi connectivity index (χ4n) is 0.308. The van der Waals surface area contributed by atoms with Crippen LogP contribution in [-0.4, -0.2) is 25.7 Å². The molecular formula is C5H13N3O. The molecule has 4 heteroatoms. The van der Waals surface area contributed by atoms with E-state index >= 15 is 0 Å². The fraction of sp³-hybridized carbons (Fsp3) is 0.800. The third-order valence-electron chi connectivity index (χ3n) is 0.933. The minimum atomic E-state index is 0.0899. The van der Waals surface area contributed by atoms with Crippen molar-refractivity contribution in [2.75, 3.05) is 13.7 Å². The molecule has 0 radical (unpaired) electrons. The molecule has 0 aromatic carbocycles. The van der Waals surface area contributed by atoms with Crippen LogP contribution < -0.4 is 11.5 Å². The van der Waals surface area contributed by atoms with E-state index in [2.05, 4.69) is 4.99 Å². The van der Waals surface area contributed by atoms with Crippen molar-refractivity contribution in [2.45, 2.75) is 13.0 Å². The smallest absolute Gasteiger partial charge is 0.185 e. The Morgan fingerprint density at radius 2 is 2.22 bits per heavy atom. The molecule has 0 saturated heterocycles. The first kappa shape index (κ1) is 8.23. The van der Waals surface area contributed by atoms with Gasteiger partial charge in [-0.3, -0.25) is 4.99 Å². The number of ether oxygens (including phenoxy) is 1. The Bertz CT molecular complexity index is 98.4.